The van der Waals surface area contributed by atoms with Gasteiger partial charge in [0.1, 0.15) is 11.6 Å². The smallest absolute Gasteiger partial charge is 0.170 e. The van der Waals surface area contributed by atoms with Crippen LogP contribution in [-0.4, -0.2) is 21.7 Å². The molecule has 2 rings (SSSR count). The van der Waals surface area contributed by atoms with E-state index in [1.54, 1.807) is 11.8 Å². The standard InChI is InChI=1S/C12H15N3OS2/c1-2-11-14-12(18-15-11)17-8-7-16-10-5-3-9(13)4-6-10/h3-6H,2,7-8,13H2,1H3. The Morgan fingerprint density at radius 1 is 1.33 bits per heavy atom. The first kappa shape index (κ1) is 13.2. The van der Waals surface area contributed by atoms with Crippen LogP contribution in [0.1, 0.15) is 12.7 Å². The average molecular weight is 281 g/mol. The number of aryl methyl sites for hydroxylation is 1. The van der Waals surface area contributed by atoms with Crippen LogP contribution < -0.4 is 10.5 Å². The second-order valence-corrected chi connectivity index (χ2v) is 5.69. The zero-order chi connectivity index (χ0) is 12.8. The van der Waals surface area contributed by atoms with Crippen molar-refractivity contribution in [1.82, 2.24) is 9.36 Å². The van der Waals surface area contributed by atoms with E-state index in [2.05, 4.69) is 16.3 Å². The number of nitrogens with zero attached hydrogens (tertiary/aromatic N) is 2. The summed E-state index contributed by atoms with van der Waals surface area (Å²) < 4.78 is 10.8. The summed E-state index contributed by atoms with van der Waals surface area (Å²) >= 11 is 3.13. The molecule has 18 heavy (non-hydrogen) atoms. The number of benzene rings is 1. The molecule has 0 amide bonds. The summed E-state index contributed by atoms with van der Waals surface area (Å²) in [4.78, 5) is 4.38. The molecule has 0 unspecified atom stereocenters. The molecule has 1 heterocycles. The summed E-state index contributed by atoms with van der Waals surface area (Å²) in [6.45, 7) is 2.70. The van der Waals surface area contributed by atoms with E-state index in [-0.39, 0.29) is 0 Å². The first-order valence-electron chi connectivity index (χ1n) is 5.71. The first-order chi connectivity index (χ1) is 8.78. The number of nitrogen functional groups attached to an aromatic ring is 1. The number of anilines is 1. The third-order valence-corrected chi connectivity index (χ3v) is 4.06. The number of hydrogen-bond donors (Lipinski definition) is 1. The zero-order valence-electron chi connectivity index (χ0n) is 10.1. The molecule has 0 bridgehead atoms. The van der Waals surface area contributed by atoms with Crippen LogP contribution in [-0.2, 0) is 6.42 Å². The molecule has 0 saturated carbocycles. The molecule has 1 aromatic heterocycles. The van der Waals surface area contributed by atoms with Gasteiger partial charge in [0.25, 0.3) is 0 Å². The van der Waals surface area contributed by atoms with Crippen LogP contribution in [0.4, 0.5) is 5.69 Å². The molecular weight excluding hydrogens is 266 g/mol. The maximum Gasteiger partial charge on any atom is 0.170 e. The minimum atomic E-state index is 0.648. The van der Waals surface area contributed by atoms with Gasteiger partial charge in [0.15, 0.2) is 4.34 Å². The fourth-order valence-electron chi connectivity index (χ4n) is 1.29. The Bertz CT molecular complexity index is 484. The predicted molar refractivity (Wildman–Crippen MR) is 76.4 cm³/mol. The molecule has 0 fully saturated rings. The van der Waals surface area contributed by atoms with Gasteiger partial charge in [-0.25, -0.2) is 4.98 Å². The van der Waals surface area contributed by atoms with E-state index in [0.29, 0.717) is 6.61 Å². The van der Waals surface area contributed by atoms with Crippen LogP contribution in [0.2, 0.25) is 0 Å². The van der Waals surface area contributed by atoms with Crippen molar-refractivity contribution in [1.29, 1.82) is 0 Å². The lowest BCUT2D eigenvalue weighted by atomic mass is 10.3. The predicted octanol–water partition coefficient (Wildman–Crippen LogP) is 2.85. The molecule has 0 radical (unpaired) electrons. The second-order valence-electron chi connectivity index (χ2n) is 3.60. The maximum absolute atomic E-state index is 5.60. The summed E-state index contributed by atoms with van der Waals surface area (Å²) in [6.07, 6.45) is 0.888. The molecule has 0 saturated heterocycles. The van der Waals surface area contributed by atoms with Crippen molar-refractivity contribution in [2.24, 2.45) is 0 Å². The fourth-order valence-corrected chi connectivity index (χ4v) is 2.88. The topological polar surface area (TPSA) is 61.0 Å². The molecule has 1 aromatic carbocycles. The second kappa shape index (κ2) is 6.61. The van der Waals surface area contributed by atoms with Gasteiger partial charge in [-0.15, -0.1) is 0 Å². The molecule has 96 valence electrons. The molecule has 0 atom stereocenters. The molecule has 2 aromatic rings. The van der Waals surface area contributed by atoms with Gasteiger partial charge in [-0.05, 0) is 35.8 Å². The van der Waals surface area contributed by atoms with Gasteiger partial charge in [-0.1, -0.05) is 18.7 Å². The highest BCUT2D eigenvalue weighted by molar-refractivity contribution is 8.00. The SMILES string of the molecule is CCc1nsc(SCCOc2ccc(N)cc2)n1. The third kappa shape index (κ3) is 3.89. The number of aromatic nitrogens is 2. The van der Waals surface area contributed by atoms with Gasteiger partial charge in [0.2, 0.25) is 0 Å². The highest BCUT2D eigenvalue weighted by atomic mass is 32.2. The number of hydrogen-bond acceptors (Lipinski definition) is 6. The number of thioether (sulfide) groups is 1. The molecule has 0 aliphatic rings. The van der Waals surface area contributed by atoms with Crippen LogP contribution in [0, 0.1) is 0 Å². The monoisotopic (exact) mass is 281 g/mol. The van der Waals surface area contributed by atoms with Gasteiger partial charge >= 0.3 is 0 Å². The van der Waals surface area contributed by atoms with Crippen molar-refractivity contribution in [3.63, 3.8) is 0 Å². The summed E-state index contributed by atoms with van der Waals surface area (Å²) in [6, 6.07) is 7.42. The Morgan fingerprint density at radius 3 is 2.78 bits per heavy atom. The third-order valence-electron chi connectivity index (χ3n) is 2.22. The van der Waals surface area contributed by atoms with Crippen molar-refractivity contribution >= 4 is 29.0 Å². The van der Waals surface area contributed by atoms with E-state index < -0.39 is 0 Å². The summed E-state index contributed by atoms with van der Waals surface area (Å²) in [5.41, 5.74) is 6.35. The lowest BCUT2D eigenvalue weighted by molar-refractivity contribution is 0.344. The quantitative estimate of drug-likeness (QED) is 0.501. The van der Waals surface area contributed by atoms with Crippen molar-refractivity contribution in [3.05, 3.63) is 30.1 Å². The van der Waals surface area contributed by atoms with Crippen LogP contribution >= 0.6 is 23.3 Å². The lowest BCUT2D eigenvalue weighted by Gasteiger charge is -2.04. The zero-order valence-corrected chi connectivity index (χ0v) is 11.8. The molecule has 0 aliphatic carbocycles. The van der Waals surface area contributed by atoms with Crippen LogP contribution in [0.5, 0.6) is 5.75 Å². The van der Waals surface area contributed by atoms with Crippen LogP contribution in [0.3, 0.4) is 0 Å². The van der Waals surface area contributed by atoms with E-state index in [0.717, 1.165) is 33.8 Å². The minimum absolute atomic E-state index is 0.648. The average Bonchev–Trinajstić information content (AvgIpc) is 2.85. The fraction of sp³-hybridized carbons (Fsp3) is 0.333. The van der Waals surface area contributed by atoms with Gasteiger partial charge in [0.05, 0.1) is 6.61 Å². The number of rotatable bonds is 6. The Balaban J connectivity index is 1.71. The van der Waals surface area contributed by atoms with Gasteiger partial charge in [0, 0.05) is 17.9 Å². The first-order valence-corrected chi connectivity index (χ1v) is 7.47. The number of nitrogens with two attached hydrogens (primary N) is 1. The van der Waals surface area contributed by atoms with Crippen molar-refractivity contribution in [2.45, 2.75) is 17.7 Å². The summed E-state index contributed by atoms with van der Waals surface area (Å²) in [5, 5.41) is 0. The van der Waals surface area contributed by atoms with E-state index >= 15 is 0 Å². The molecular formula is C12H15N3OS2. The van der Waals surface area contributed by atoms with Gasteiger partial charge in [-0.2, -0.15) is 4.37 Å². The van der Waals surface area contributed by atoms with Gasteiger partial charge < -0.3 is 10.5 Å². The molecule has 0 spiro atoms. The Morgan fingerprint density at radius 2 is 2.11 bits per heavy atom. The molecule has 2 N–H and O–H groups in total. The Kier molecular flexibility index (Phi) is 4.83. The summed E-state index contributed by atoms with van der Waals surface area (Å²) in [5.74, 6) is 2.63. The van der Waals surface area contributed by atoms with E-state index in [9.17, 15) is 0 Å². The van der Waals surface area contributed by atoms with Crippen LogP contribution in [0.15, 0.2) is 28.6 Å². The Labute approximate surface area is 115 Å². The largest absolute Gasteiger partial charge is 0.493 e. The Hall–Kier alpha value is -1.27. The summed E-state index contributed by atoms with van der Waals surface area (Å²) in [7, 11) is 0. The van der Waals surface area contributed by atoms with E-state index in [1.165, 1.54) is 11.5 Å². The van der Waals surface area contributed by atoms with E-state index in [4.69, 9.17) is 10.5 Å². The number of ether oxygens (including phenoxy) is 1. The normalized spacial score (nSPS) is 10.5. The van der Waals surface area contributed by atoms with Crippen LogP contribution in [0.25, 0.3) is 0 Å². The molecule has 6 heteroatoms. The van der Waals surface area contributed by atoms with E-state index in [1.807, 2.05) is 24.3 Å². The lowest BCUT2D eigenvalue weighted by Crippen LogP contribution is -2.00. The van der Waals surface area contributed by atoms with Gasteiger partial charge in [-0.3, -0.25) is 0 Å². The maximum atomic E-state index is 5.60. The highest BCUT2D eigenvalue weighted by Gasteiger charge is 2.02. The molecule has 0 aliphatic heterocycles. The minimum Gasteiger partial charge on any atom is -0.493 e. The highest BCUT2D eigenvalue weighted by Crippen LogP contribution is 2.20. The van der Waals surface area contributed by atoms with Crippen molar-refractivity contribution in [2.75, 3.05) is 18.1 Å². The van der Waals surface area contributed by atoms with Crippen molar-refractivity contribution < 1.29 is 4.74 Å². The van der Waals surface area contributed by atoms with Crippen molar-refractivity contribution in [3.8, 4) is 5.75 Å². The molecule has 4 nitrogen and oxygen atoms in total.